The van der Waals surface area contributed by atoms with Gasteiger partial charge in [-0.3, -0.25) is 0 Å². The normalized spacial score (nSPS) is 20.2. The zero-order valence-corrected chi connectivity index (χ0v) is 15.5. The molecule has 0 unspecified atom stereocenters. The Morgan fingerprint density at radius 1 is 0.958 bits per heavy atom. The topological polar surface area (TPSA) is 40.6 Å². The van der Waals surface area contributed by atoms with Crippen LogP contribution in [-0.2, 0) is 10.0 Å². The molecule has 1 fully saturated rings. The molecule has 7 heteroatoms. The molecule has 4 nitrogen and oxygen atoms in total. The van der Waals surface area contributed by atoms with Gasteiger partial charge in [0.05, 0.1) is 16.1 Å². The fraction of sp³-hybridized carbons (Fsp3) is 0.294. The van der Waals surface area contributed by atoms with E-state index in [4.69, 9.17) is 23.2 Å². The summed E-state index contributed by atoms with van der Waals surface area (Å²) in [4.78, 5) is 2.11. The molecule has 0 aliphatic carbocycles. The van der Waals surface area contributed by atoms with E-state index < -0.39 is 10.0 Å². The Kier molecular flexibility index (Phi) is 5.18. The van der Waals surface area contributed by atoms with Gasteiger partial charge in [0.1, 0.15) is 4.90 Å². The van der Waals surface area contributed by atoms with Crippen molar-refractivity contribution in [2.75, 3.05) is 26.7 Å². The van der Waals surface area contributed by atoms with Gasteiger partial charge in [0.25, 0.3) is 0 Å². The maximum atomic E-state index is 13.3. The number of hydrogen-bond acceptors (Lipinski definition) is 3. The molecule has 3 rings (SSSR count). The van der Waals surface area contributed by atoms with Crippen LogP contribution in [0.3, 0.4) is 0 Å². The van der Waals surface area contributed by atoms with Crippen LogP contribution in [0.5, 0.6) is 0 Å². The van der Waals surface area contributed by atoms with Crippen molar-refractivity contribution in [2.24, 2.45) is 0 Å². The lowest BCUT2D eigenvalue weighted by Crippen LogP contribution is -2.49. The third-order valence-corrected chi connectivity index (χ3v) is 7.07. The molecular weight excluding hydrogens is 367 g/mol. The highest BCUT2D eigenvalue weighted by Gasteiger charge is 2.38. The van der Waals surface area contributed by atoms with Crippen LogP contribution in [-0.4, -0.2) is 44.3 Å². The largest absolute Gasteiger partial charge is 0.303 e. The highest BCUT2D eigenvalue weighted by Crippen LogP contribution is 2.36. The summed E-state index contributed by atoms with van der Waals surface area (Å²) < 4.78 is 28.0. The van der Waals surface area contributed by atoms with Crippen molar-refractivity contribution >= 4 is 33.2 Å². The number of rotatable bonds is 3. The van der Waals surface area contributed by atoms with Crippen LogP contribution in [0.1, 0.15) is 11.6 Å². The fourth-order valence-electron chi connectivity index (χ4n) is 2.98. The van der Waals surface area contributed by atoms with Crippen LogP contribution < -0.4 is 0 Å². The number of halogens is 2. The number of piperazine rings is 1. The molecule has 1 aliphatic rings. The van der Waals surface area contributed by atoms with Crippen LogP contribution in [0, 0.1) is 0 Å². The fourth-order valence-corrected chi connectivity index (χ4v) is 5.67. The second-order valence-corrected chi connectivity index (χ2v) is 8.50. The van der Waals surface area contributed by atoms with Crippen LogP contribution in [0.15, 0.2) is 53.4 Å². The molecule has 0 radical (unpaired) electrons. The van der Waals surface area contributed by atoms with Crippen molar-refractivity contribution in [1.82, 2.24) is 9.21 Å². The van der Waals surface area contributed by atoms with E-state index in [-0.39, 0.29) is 21.0 Å². The van der Waals surface area contributed by atoms with E-state index in [1.165, 1.54) is 4.31 Å². The number of benzene rings is 2. The summed E-state index contributed by atoms with van der Waals surface area (Å²) in [7, 11) is -1.81. The minimum atomic E-state index is -3.80. The molecule has 0 N–H and O–H groups in total. The average molecular weight is 385 g/mol. The van der Waals surface area contributed by atoms with E-state index in [1.807, 2.05) is 37.4 Å². The molecular formula is C17H18Cl2N2O2S. The van der Waals surface area contributed by atoms with Gasteiger partial charge in [-0.2, -0.15) is 4.31 Å². The van der Waals surface area contributed by atoms with Gasteiger partial charge in [0.2, 0.25) is 10.0 Å². The van der Waals surface area contributed by atoms with E-state index in [2.05, 4.69) is 4.90 Å². The zero-order chi connectivity index (χ0) is 17.3. The number of nitrogens with zero attached hydrogens (tertiary/aromatic N) is 2. The van der Waals surface area contributed by atoms with Crippen molar-refractivity contribution < 1.29 is 8.42 Å². The highest BCUT2D eigenvalue weighted by atomic mass is 35.5. The summed E-state index contributed by atoms with van der Waals surface area (Å²) >= 11 is 12.3. The van der Waals surface area contributed by atoms with Gasteiger partial charge in [-0.05, 0) is 24.7 Å². The molecule has 24 heavy (non-hydrogen) atoms. The first-order valence-corrected chi connectivity index (χ1v) is 9.80. The average Bonchev–Trinajstić information content (AvgIpc) is 2.55. The molecule has 1 saturated heterocycles. The van der Waals surface area contributed by atoms with E-state index in [9.17, 15) is 8.42 Å². The Labute approximate surface area is 152 Å². The quantitative estimate of drug-likeness (QED) is 0.810. The first-order chi connectivity index (χ1) is 11.4. The number of sulfonamides is 1. The highest BCUT2D eigenvalue weighted by molar-refractivity contribution is 7.89. The molecule has 0 saturated carbocycles. The van der Waals surface area contributed by atoms with Crippen LogP contribution in [0.25, 0.3) is 0 Å². The summed E-state index contributed by atoms with van der Waals surface area (Å²) in [5.74, 6) is 0. The Hall–Kier alpha value is -1.11. The van der Waals surface area contributed by atoms with Crippen molar-refractivity contribution in [3.05, 3.63) is 64.1 Å². The maximum Gasteiger partial charge on any atom is 0.246 e. The Bertz CT molecular complexity index is 807. The molecule has 0 bridgehead atoms. The van der Waals surface area contributed by atoms with Crippen LogP contribution in [0.4, 0.5) is 0 Å². The second kappa shape index (κ2) is 7.02. The Morgan fingerprint density at radius 3 is 2.21 bits per heavy atom. The molecule has 2 aromatic rings. The Morgan fingerprint density at radius 2 is 1.58 bits per heavy atom. The van der Waals surface area contributed by atoms with E-state index in [0.29, 0.717) is 19.6 Å². The minimum Gasteiger partial charge on any atom is -0.303 e. The van der Waals surface area contributed by atoms with Crippen LogP contribution in [0.2, 0.25) is 10.0 Å². The first kappa shape index (κ1) is 17.7. The molecule has 1 aliphatic heterocycles. The van der Waals surface area contributed by atoms with Crippen molar-refractivity contribution in [3.8, 4) is 0 Å². The van der Waals surface area contributed by atoms with Gasteiger partial charge in [0.15, 0.2) is 0 Å². The lowest BCUT2D eigenvalue weighted by atomic mass is 10.1. The minimum absolute atomic E-state index is 0.0150. The number of likely N-dealkylation sites (N-methyl/N-ethyl adjacent to an activating group) is 1. The van der Waals surface area contributed by atoms with Crippen LogP contribution >= 0.6 is 23.2 Å². The molecule has 1 heterocycles. The van der Waals surface area contributed by atoms with E-state index in [1.54, 1.807) is 18.2 Å². The van der Waals surface area contributed by atoms with Gasteiger partial charge < -0.3 is 4.90 Å². The molecule has 0 spiro atoms. The predicted octanol–water partition coefficient (Wildman–Crippen LogP) is 3.67. The van der Waals surface area contributed by atoms with Gasteiger partial charge in [-0.1, -0.05) is 59.6 Å². The molecule has 0 amide bonds. The first-order valence-electron chi connectivity index (χ1n) is 7.60. The smallest absolute Gasteiger partial charge is 0.246 e. The standard InChI is InChI=1S/C17H18Cl2N2O2S/c1-20-10-11-21(16(12-20)13-6-3-2-4-7-13)24(22,23)17-14(18)8-5-9-15(17)19/h2-9,16H,10-12H2,1H3/t16-/m0/s1. The molecule has 128 valence electrons. The van der Waals surface area contributed by atoms with Crippen molar-refractivity contribution in [2.45, 2.75) is 10.9 Å². The lowest BCUT2D eigenvalue weighted by molar-refractivity contribution is 0.161. The molecule has 1 atom stereocenters. The third kappa shape index (κ3) is 3.32. The summed E-state index contributed by atoms with van der Waals surface area (Å²) in [5, 5.41) is 0.293. The summed E-state index contributed by atoms with van der Waals surface area (Å²) in [5.41, 5.74) is 0.954. The summed E-state index contributed by atoms with van der Waals surface area (Å²) in [6, 6.07) is 14.1. The van der Waals surface area contributed by atoms with E-state index >= 15 is 0 Å². The van der Waals surface area contributed by atoms with Crippen molar-refractivity contribution in [3.63, 3.8) is 0 Å². The van der Waals surface area contributed by atoms with Gasteiger partial charge in [-0.15, -0.1) is 0 Å². The zero-order valence-electron chi connectivity index (χ0n) is 13.2. The van der Waals surface area contributed by atoms with Gasteiger partial charge >= 0.3 is 0 Å². The Balaban J connectivity index is 2.08. The van der Waals surface area contributed by atoms with Gasteiger partial charge in [-0.25, -0.2) is 8.42 Å². The summed E-state index contributed by atoms with van der Waals surface area (Å²) in [6.45, 7) is 1.66. The SMILES string of the molecule is CN1CCN(S(=O)(=O)c2c(Cl)cccc2Cl)[C@H](c2ccccc2)C1. The van der Waals surface area contributed by atoms with E-state index in [0.717, 1.165) is 5.56 Å². The third-order valence-electron chi connectivity index (χ3n) is 4.20. The summed E-state index contributed by atoms with van der Waals surface area (Å²) in [6.07, 6.45) is 0. The molecule has 2 aromatic carbocycles. The predicted molar refractivity (Wildman–Crippen MR) is 97.0 cm³/mol. The molecule has 0 aromatic heterocycles. The van der Waals surface area contributed by atoms with Gasteiger partial charge in [0, 0.05) is 19.6 Å². The lowest BCUT2D eigenvalue weighted by Gasteiger charge is -2.39. The second-order valence-electron chi connectivity index (χ2n) is 5.86. The monoisotopic (exact) mass is 384 g/mol. The maximum absolute atomic E-state index is 13.3. The number of hydrogen-bond donors (Lipinski definition) is 0. The van der Waals surface area contributed by atoms with Crippen molar-refractivity contribution in [1.29, 1.82) is 0 Å².